The number of amides is 1. The highest BCUT2D eigenvalue weighted by atomic mass is 16.2. The Morgan fingerprint density at radius 1 is 1.12 bits per heavy atom. The van der Waals surface area contributed by atoms with Crippen molar-refractivity contribution >= 4 is 17.4 Å². The molecule has 4 nitrogen and oxygen atoms in total. The molecular formula is C20H23N3O. The lowest BCUT2D eigenvalue weighted by Crippen LogP contribution is -2.40. The minimum absolute atomic E-state index is 0.272. The first-order valence-electron chi connectivity index (χ1n) is 9.18. The fraction of sp³-hybridized carbons (Fsp3) is 0.500. The molecular weight excluding hydrogens is 298 g/mol. The standard InChI is InChI=1S/C20H23N3O/c1-22-17(10-13-21-22)23-18-15(14-8-9-14)6-5-7-16(18)20(19(23)24)11-3-2-4-12-20/h5-7,10,13-14H,2-4,8-9,11-12H2,1H3. The summed E-state index contributed by atoms with van der Waals surface area (Å²) in [7, 11) is 1.92. The summed E-state index contributed by atoms with van der Waals surface area (Å²) in [6, 6.07) is 8.58. The molecule has 3 aliphatic rings. The summed E-state index contributed by atoms with van der Waals surface area (Å²) in [5.74, 6) is 1.80. The van der Waals surface area contributed by atoms with E-state index in [1.165, 1.54) is 36.1 Å². The second-order valence-corrected chi connectivity index (χ2v) is 7.61. The Labute approximate surface area is 142 Å². The molecule has 1 spiro atoms. The lowest BCUT2D eigenvalue weighted by Gasteiger charge is -2.32. The van der Waals surface area contributed by atoms with Gasteiger partial charge in [0.05, 0.1) is 17.3 Å². The van der Waals surface area contributed by atoms with Crippen LogP contribution in [0, 0.1) is 0 Å². The average molecular weight is 321 g/mol. The molecule has 0 radical (unpaired) electrons. The van der Waals surface area contributed by atoms with Crippen LogP contribution in [0.3, 0.4) is 0 Å². The highest BCUT2D eigenvalue weighted by Gasteiger charge is 2.53. The van der Waals surface area contributed by atoms with Crippen molar-refractivity contribution in [2.24, 2.45) is 7.05 Å². The summed E-state index contributed by atoms with van der Waals surface area (Å²) < 4.78 is 1.83. The molecule has 1 amide bonds. The van der Waals surface area contributed by atoms with Gasteiger partial charge in [-0.25, -0.2) is 0 Å². The maximum Gasteiger partial charge on any atom is 0.243 e. The number of nitrogens with zero attached hydrogens (tertiary/aromatic N) is 3. The zero-order valence-corrected chi connectivity index (χ0v) is 14.2. The molecule has 1 aromatic heterocycles. The summed E-state index contributed by atoms with van der Waals surface area (Å²) >= 11 is 0. The zero-order valence-electron chi connectivity index (χ0n) is 14.2. The molecule has 24 heavy (non-hydrogen) atoms. The van der Waals surface area contributed by atoms with Crippen LogP contribution in [0.2, 0.25) is 0 Å². The molecule has 0 unspecified atom stereocenters. The molecule has 1 aromatic carbocycles. The normalized spacial score (nSPS) is 22.2. The molecule has 0 saturated heterocycles. The van der Waals surface area contributed by atoms with Gasteiger partial charge in [0, 0.05) is 13.1 Å². The van der Waals surface area contributed by atoms with E-state index in [-0.39, 0.29) is 11.3 Å². The molecule has 0 N–H and O–H groups in total. The zero-order chi connectivity index (χ0) is 16.3. The van der Waals surface area contributed by atoms with E-state index >= 15 is 0 Å². The van der Waals surface area contributed by atoms with Gasteiger partial charge < -0.3 is 0 Å². The number of rotatable bonds is 2. The summed E-state index contributed by atoms with van der Waals surface area (Å²) in [6.45, 7) is 0. The topological polar surface area (TPSA) is 38.1 Å². The molecule has 2 aromatic rings. The van der Waals surface area contributed by atoms with Crippen LogP contribution in [0.5, 0.6) is 0 Å². The van der Waals surface area contributed by atoms with Gasteiger partial charge >= 0.3 is 0 Å². The summed E-state index contributed by atoms with van der Waals surface area (Å²) in [5, 5.41) is 4.32. The Morgan fingerprint density at radius 3 is 2.58 bits per heavy atom. The van der Waals surface area contributed by atoms with Crippen molar-refractivity contribution < 1.29 is 4.79 Å². The van der Waals surface area contributed by atoms with E-state index in [0.717, 1.165) is 31.5 Å². The third kappa shape index (κ3) is 1.80. The van der Waals surface area contributed by atoms with Crippen LogP contribution >= 0.6 is 0 Å². The van der Waals surface area contributed by atoms with Crippen molar-refractivity contribution in [2.75, 3.05) is 4.90 Å². The number of benzene rings is 1. The number of para-hydroxylation sites is 1. The Balaban J connectivity index is 1.76. The van der Waals surface area contributed by atoms with Gasteiger partial charge in [-0.2, -0.15) is 5.10 Å². The number of carbonyl (C=O) groups is 1. The third-order valence-corrected chi connectivity index (χ3v) is 6.17. The molecule has 2 saturated carbocycles. The second kappa shape index (κ2) is 4.95. The van der Waals surface area contributed by atoms with Crippen LogP contribution in [0.25, 0.3) is 0 Å². The van der Waals surface area contributed by atoms with Crippen LogP contribution in [0.15, 0.2) is 30.5 Å². The lowest BCUT2D eigenvalue weighted by molar-refractivity contribution is -0.123. The van der Waals surface area contributed by atoms with Crippen molar-refractivity contribution in [1.82, 2.24) is 9.78 Å². The SMILES string of the molecule is Cn1nccc1N1C(=O)C2(CCCCC2)c2cccc(C3CC3)c21. The van der Waals surface area contributed by atoms with Crippen LogP contribution in [0.4, 0.5) is 11.5 Å². The maximum absolute atomic E-state index is 13.7. The highest BCUT2D eigenvalue weighted by molar-refractivity contribution is 6.13. The van der Waals surface area contributed by atoms with Gasteiger partial charge in [0.1, 0.15) is 5.82 Å². The van der Waals surface area contributed by atoms with E-state index in [1.807, 2.05) is 22.7 Å². The van der Waals surface area contributed by atoms with Crippen LogP contribution in [0.1, 0.15) is 62.0 Å². The largest absolute Gasteiger partial charge is 0.273 e. The predicted molar refractivity (Wildman–Crippen MR) is 93.5 cm³/mol. The smallest absolute Gasteiger partial charge is 0.243 e. The van der Waals surface area contributed by atoms with E-state index in [4.69, 9.17) is 0 Å². The molecule has 2 fully saturated rings. The third-order valence-electron chi connectivity index (χ3n) is 6.17. The summed E-state index contributed by atoms with van der Waals surface area (Å²) in [5.41, 5.74) is 3.51. The molecule has 124 valence electrons. The Kier molecular flexibility index (Phi) is 2.94. The number of fused-ring (bicyclic) bond motifs is 2. The number of anilines is 2. The van der Waals surface area contributed by atoms with E-state index in [9.17, 15) is 4.79 Å². The molecule has 0 bridgehead atoms. The monoisotopic (exact) mass is 321 g/mol. The lowest BCUT2D eigenvalue weighted by atomic mass is 9.70. The van der Waals surface area contributed by atoms with Gasteiger partial charge in [0.15, 0.2) is 0 Å². The van der Waals surface area contributed by atoms with Gasteiger partial charge in [-0.05, 0) is 42.7 Å². The molecule has 4 heteroatoms. The molecule has 5 rings (SSSR count). The number of aryl methyl sites for hydroxylation is 1. The van der Waals surface area contributed by atoms with Crippen molar-refractivity contribution in [1.29, 1.82) is 0 Å². The molecule has 0 atom stereocenters. The van der Waals surface area contributed by atoms with Gasteiger partial charge in [-0.15, -0.1) is 0 Å². The van der Waals surface area contributed by atoms with Crippen LogP contribution in [-0.4, -0.2) is 15.7 Å². The van der Waals surface area contributed by atoms with Crippen LogP contribution < -0.4 is 4.90 Å². The number of carbonyl (C=O) groups excluding carboxylic acids is 1. The van der Waals surface area contributed by atoms with Gasteiger partial charge in [-0.3, -0.25) is 14.4 Å². The van der Waals surface area contributed by atoms with Crippen molar-refractivity contribution in [2.45, 2.75) is 56.3 Å². The van der Waals surface area contributed by atoms with Crippen LogP contribution in [-0.2, 0) is 17.3 Å². The second-order valence-electron chi connectivity index (χ2n) is 7.61. The van der Waals surface area contributed by atoms with E-state index in [0.29, 0.717) is 5.92 Å². The maximum atomic E-state index is 13.7. The van der Waals surface area contributed by atoms with Crippen molar-refractivity contribution in [3.05, 3.63) is 41.6 Å². The first-order valence-corrected chi connectivity index (χ1v) is 9.18. The van der Waals surface area contributed by atoms with E-state index < -0.39 is 0 Å². The fourth-order valence-corrected chi connectivity index (χ4v) is 4.80. The Hall–Kier alpha value is -2.10. The molecule has 2 heterocycles. The highest BCUT2D eigenvalue weighted by Crippen LogP contribution is 2.56. The molecule has 1 aliphatic heterocycles. The number of hydrogen-bond donors (Lipinski definition) is 0. The Bertz CT molecular complexity index is 812. The molecule has 2 aliphatic carbocycles. The van der Waals surface area contributed by atoms with E-state index in [2.05, 4.69) is 23.3 Å². The Morgan fingerprint density at radius 2 is 1.92 bits per heavy atom. The van der Waals surface area contributed by atoms with Gasteiger partial charge in [-0.1, -0.05) is 37.5 Å². The fourth-order valence-electron chi connectivity index (χ4n) is 4.80. The predicted octanol–water partition coefficient (Wildman–Crippen LogP) is 4.18. The number of hydrogen-bond acceptors (Lipinski definition) is 2. The minimum atomic E-state index is -0.303. The summed E-state index contributed by atoms with van der Waals surface area (Å²) in [4.78, 5) is 15.7. The summed E-state index contributed by atoms with van der Waals surface area (Å²) in [6.07, 6.45) is 9.80. The van der Waals surface area contributed by atoms with E-state index in [1.54, 1.807) is 6.20 Å². The number of aromatic nitrogens is 2. The average Bonchev–Trinajstić information content (AvgIpc) is 3.34. The van der Waals surface area contributed by atoms with Gasteiger partial charge in [0.2, 0.25) is 5.91 Å². The quantitative estimate of drug-likeness (QED) is 0.832. The first-order chi connectivity index (χ1) is 11.7. The van der Waals surface area contributed by atoms with Crippen molar-refractivity contribution in [3.63, 3.8) is 0 Å². The van der Waals surface area contributed by atoms with Crippen molar-refractivity contribution in [3.8, 4) is 0 Å². The van der Waals surface area contributed by atoms with Gasteiger partial charge in [0.25, 0.3) is 0 Å². The first kappa shape index (κ1) is 14.3. The minimum Gasteiger partial charge on any atom is -0.273 e.